The van der Waals surface area contributed by atoms with Crippen molar-refractivity contribution in [2.24, 2.45) is 5.92 Å². The van der Waals surface area contributed by atoms with Gasteiger partial charge in [0, 0.05) is 43.9 Å². The van der Waals surface area contributed by atoms with Crippen molar-refractivity contribution in [1.29, 1.82) is 0 Å². The van der Waals surface area contributed by atoms with E-state index in [4.69, 9.17) is 4.98 Å². The van der Waals surface area contributed by atoms with Crippen molar-refractivity contribution < 1.29 is 8.42 Å². The second-order valence-electron chi connectivity index (χ2n) is 5.83. The average Bonchev–Trinajstić information content (AvgIpc) is 2.73. The van der Waals surface area contributed by atoms with Gasteiger partial charge in [0.05, 0.1) is 11.4 Å². The van der Waals surface area contributed by atoms with Crippen LogP contribution in [0.2, 0.25) is 0 Å². The van der Waals surface area contributed by atoms with Gasteiger partial charge in [-0.05, 0) is 5.92 Å². The monoisotopic (exact) mass is 299 g/mol. The summed E-state index contributed by atoms with van der Waals surface area (Å²) < 4.78 is 25.7. The first-order valence-corrected chi connectivity index (χ1v) is 9.23. The number of nitrogens with zero attached hydrogens (tertiary/aromatic N) is 2. The lowest BCUT2D eigenvalue weighted by Crippen LogP contribution is -2.26. The summed E-state index contributed by atoms with van der Waals surface area (Å²) in [6.45, 7) is 8.32. The molecular weight excluding hydrogens is 274 g/mol. The maximum atomic E-state index is 11.7. The predicted octanol–water partition coefficient (Wildman–Crippen LogP) is 1.16. The van der Waals surface area contributed by atoms with Gasteiger partial charge in [0.15, 0.2) is 9.84 Å². The zero-order chi connectivity index (χ0) is 14.8. The molecule has 0 unspecified atom stereocenters. The Morgan fingerprint density at radius 3 is 2.80 bits per heavy atom. The molecule has 0 bridgehead atoms. The summed E-state index contributed by atoms with van der Waals surface area (Å²) in [5.41, 5.74) is 2.33. The maximum Gasteiger partial charge on any atom is 0.151 e. The Labute approximate surface area is 121 Å². The SMILES string of the molecule is CCS(=O)(=O)CCn1c(CC(C)C)nc2c1CCNC2. The molecular formula is C14H25N3O2S. The predicted molar refractivity (Wildman–Crippen MR) is 80.5 cm³/mol. The number of aromatic nitrogens is 2. The molecule has 20 heavy (non-hydrogen) atoms. The fraction of sp³-hybridized carbons (Fsp3) is 0.786. The summed E-state index contributed by atoms with van der Waals surface area (Å²) in [5, 5.41) is 3.32. The number of sulfone groups is 1. The summed E-state index contributed by atoms with van der Waals surface area (Å²) >= 11 is 0. The van der Waals surface area contributed by atoms with Gasteiger partial charge in [0.1, 0.15) is 5.82 Å². The molecule has 2 rings (SSSR count). The third-order valence-corrected chi connectivity index (χ3v) is 5.41. The van der Waals surface area contributed by atoms with Gasteiger partial charge in [-0.1, -0.05) is 20.8 Å². The van der Waals surface area contributed by atoms with Crippen molar-refractivity contribution in [2.75, 3.05) is 18.1 Å². The van der Waals surface area contributed by atoms with E-state index in [1.807, 2.05) is 0 Å². The van der Waals surface area contributed by atoms with E-state index in [2.05, 4.69) is 23.7 Å². The molecule has 0 saturated heterocycles. The molecule has 1 aromatic rings. The molecule has 5 nitrogen and oxygen atoms in total. The van der Waals surface area contributed by atoms with E-state index in [-0.39, 0.29) is 11.5 Å². The van der Waals surface area contributed by atoms with Crippen molar-refractivity contribution in [2.45, 2.75) is 46.7 Å². The smallest absolute Gasteiger partial charge is 0.151 e. The highest BCUT2D eigenvalue weighted by Gasteiger charge is 2.21. The zero-order valence-corrected chi connectivity index (χ0v) is 13.5. The van der Waals surface area contributed by atoms with Crippen LogP contribution in [0.3, 0.4) is 0 Å². The number of nitrogens with one attached hydrogen (secondary N) is 1. The molecule has 6 heteroatoms. The highest BCUT2D eigenvalue weighted by Crippen LogP contribution is 2.19. The summed E-state index contributed by atoms with van der Waals surface area (Å²) in [6, 6.07) is 0. The van der Waals surface area contributed by atoms with E-state index in [0.29, 0.717) is 12.5 Å². The van der Waals surface area contributed by atoms with Crippen LogP contribution in [0.5, 0.6) is 0 Å². The van der Waals surface area contributed by atoms with E-state index in [9.17, 15) is 8.42 Å². The van der Waals surface area contributed by atoms with Gasteiger partial charge in [-0.25, -0.2) is 13.4 Å². The molecule has 0 aliphatic carbocycles. The summed E-state index contributed by atoms with van der Waals surface area (Å²) in [7, 11) is -2.93. The molecule has 0 spiro atoms. The van der Waals surface area contributed by atoms with Crippen LogP contribution < -0.4 is 5.32 Å². The topological polar surface area (TPSA) is 64.0 Å². The first-order valence-electron chi connectivity index (χ1n) is 7.41. The van der Waals surface area contributed by atoms with Crippen LogP contribution in [0, 0.1) is 5.92 Å². The highest BCUT2D eigenvalue weighted by molar-refractivity contribution is 7.91. The Bertz CT molecular complexity index is 561. The van der Waals surface area contributed by atoms with Crippen LogP contribution in [-0.2, 0) is 35.8 Å². The van der Waals surface area contributed by atoms with Crippen LogP contribution in [-0.4, -0.2) is 36.0 Å². The van der Waals surface area contributed by atoms with E-state index in [1.54, 1.807) is 6.92 Å². The Morgan fingerprint density at radius 2 is 2.15 bits per heavy atom. The Balaban J connectivity index is 2.26. The number of hydrogen-bond acceptors (Lipinski definition) is 4. The standard InChI is InChI=1S/C14H25N3O2S/c1-4-20(18,19)8-7-17-13-5-6-15-10-12(13)16-14(17)9-11(2)3/h11,15H,4-10H2,1-3H3. The van der Waals surface area contributed by atoms with Crippen LogP contribution in [0.15, 0.2) is 0 Å². The quantitative estimate of drug-likeness (QED) is 0.856. The maximum absolute atomic E-state index is 11.7. The Kier molecular flexibility index (Phi) is 4.86. The number of rotatable bonds is 6. The van der Waals surface area contributed by atoms with Crippen molar-refractivity contribution in [3.8, 4) is 0 Å². The minimum absolute atomic E-state index is 0.213. The van der Waals surface area contributed by atoms with E-state index in [0.717, 1.165) is 37.4 Å². The van der Waals surface area contributed by atoms with Gasteiger partial charge in [0.2, 0.25) is 0 Å². The van der Waals surface area contributed by atoms with Gasteiger partial charge in [-0.3, -0.25) is 0 Å². The first-order chi connectivity index (χ1) is 9.43. The van der Waals surface area contributed by atoms with Crippen molar-refractivity contribution in [1.82, 2.24) is 14.9 Å². The van der Waals surface area contributed by atoms with Crippen LogP contribution in [0.1, 0.15) is 38.0 Å². The molecule has 0 amide bonds. The van der Waals surface area contributed by atoms with Gasteiger partial charge in [-0.2, -0.15) is 0 Å². The third-order valence-electron chi connectivity index (χ3n) is 3.72. The first kappa shape index (κ1) is 15.5. The second kappa shape index (κ2) is 6.26. The minimum Gasteiger partial charge on any atom is -0.331 e. The molecule has 1 aliphatic rings. The summed E-state index contributed by atoms with van der Waals surface area (Å²) in [6.07, 6.45) is 1.84. The van der Waals surface area contributed by atoms with Crippen molar-refractivity contribution in [3.63, 3.8) is 0 Å². The zero-order valence-electron chi connectivity index (χ0n) is 12.6. The summed E-state index contributed by atoms with van der Waals surface area (Å²) in [4.78, 5) is 4.72. The van der Waals surface area contributed by atoms with E-state index in [1.165, 1.54) is 5.69 Å². The lowest BCUT2D eigenvalue weighted by atomic mass is 10.1. The molecule has 0 aromatic carbocycles. The molecule has 0 atom stereocenters. The minimum atomic E-state index is -2.93. The van der Waals surface area contributed by atoms with E-state index >= 15 is 0 Å². The van der Waals surface area contributed by atoms with Crippen molar-refractivity contribution in [3.05, 3.63) is 17.2 Å². The molecule has 1 N–H and O–H groups in total. The van der Waals surface area contributed by atoms with E-state index < -0.39 is 9.84 Å². The average molecular weight is 299 g/mol. The van der Waals surface area contributed by atoms with Gasteiger partial charge in [-0.15, -0.1) is 0 Å². The number of hydrogen-bond donors (Lipinski definition) is 1. The van der Waals surface area contributed by atoms with Crippen molar-refractivity contribution >= 4 is 9.84 Å². The van der Waals surface area contributed by atoms with Crippen LogP contribution >= 0.6 is 0 Å². The molecule has 0 fully saturated rings. The molecule has 1 aliphatic heterocycles. The van der Waals surface area contributed by atoms with Crippen LogP contribution in [0.25, 0.3) is 0 Å². The third kappa shape index (κ3) is 3.61. The number of fused-ring (bicyclic) bond motifs is 1. The number of imidazole rings is 1. The normalized spacial score (nSPS) is 15.6. The fourth-order valence-electron chi connectivity index (χ4n) is 2.59. The fourth-order valence-corrected chi connectivity index (χ4v) is 3.34. The Hall–Kier alpha value is -0.880. The van der Waals surface area contributed by atoms with Gasteiger partial charge >= 0.3 is 0 Å². The lowest BCUT2D eigenvalue weighted by Gasteiger charge is -2.16. The highest BCUT2D eigenvalue weighted by atomic mass is 32.2. The molecule has 0 saturated carbocycles. The molecule has 2 heterocycles. The molecule has 1 aromatic heterocycles. The molecule has 0 radical (unpaired) electrons. The second-order valence-corrected chi connectivity index (χ2v) is 8.31. The van der Waals surface area contributed by atoms with Gasteiger partial charge < -0.3 is 9.88 Å². The summed E-state index contributed by atoms with van der Waals surface area (Å²) in [5.74, 6) is 1.99. The largest absolute Gasteiger partial charge is 0.331 e. The van der Waals surface area contributed by atoms with Crippen LogP contribution in [0.4, 0.5) is 0 Å². The molecule has 114 valence electrons. The van der Waals surface area contributed by atoms with Gasteiger partial charge in [0.25, 0.3) is 0 Å². The lowest BCUT2D eigenvalue weighted by molar-refractivity contribution is 0.555. The Morgan fingerprint density at radius 1 is 1.40 bits per heavy atom.